The number of esters is 1. The fraction of sp³-hybridized carbons (Fsp3) is 0.278. The van der Waals surface area contributed by atoms with E-state index in [0.29, 0.717) is 31.9 Å². The molecule has 1 aliphatic heterocycles. The van der Waals surface area contributed by atoms with Crippen molar-refractivity contribution < 1.29 is 19.0 Å². The molecule has 0 saturated heterocycles. The van der Waals surface area contributed by atoms with Crippen LogP contribution in [0.5, 0.6) is 11.5 Å². The Bertz CT molecular complexity index is 682. The summed E-state index contributed by atoms with van der Waals surface area (Å²) in [6.07, 6.45) is 0. The molecule has 0 radical (unpaired) electrons. The number of hydrogen-bond donors (Lipinski definition) is 1. The highest BCUT2D eigenvalue weighted by Crippen LogP contribution is 2.30. The van der Waals surface area contributed by atoms with E-state index in [1.807, 2.05) is 30.3 Å². The monoisotopic (exact) mass is 313 g/mol. The lowest BCUT2D eigenvalue weighted by Gasteiger charge is -2.19. The van der Waals surface area contributed by atoms with Gasteiger partial charge in [-0.2, -0.15) is 0 Å². The van der Waals surface area contributed by atoms with Gasteiger partial charge in [-0.3, -0.25) is 0 Å². The second kappa shape index (κ2) is 7.05. The third-order valence-electron chi connectivity index (χ3n) is 3.50. The number of benzene rings is 2. The second-order valence-corrected chi connectivity index (χ2v) is 5.13. The van der Waals surface area contributed by atoms with Crippen LogP contribution >= 0.6 is 0 Å². The molecule has 1 N–H and O–H groups in total. The summed E-state index contributed by atoms with van der Waals surface area (Å²) in [6.45, 7) is 4.01. The van der Waals surface area contributed by atoms with Crippen molar-refractivity contribution >= 4 is 11.7 Å². The van der Waals surface area contributed by atoms with E-state index in [4.69, 9.17) is 14.2 Å². The first-order valence-electron chi connectivity index (χ1n) is 7.66. The third kappa shape index (κ3) is 3.74. The van der Waals surface area contributed by atoms with Gasteiger partial charge in [-0.25, -0.2) is 4.79 Å². The van der Waals surface area contributed by atoms with Crippen LogP contribution in [0.1, 0.15) is 22.8 Å². The SMILES string of the molecule is CCOC(=O)c1ccc(NCc2ccc3c(c2)OCCO3)cc1. The van der Waals surface area contributed by atoms with Crippen LogP contribution in [0.2, 0.25) is 0 Å². The lowest BCUT2D eigenvalue weighted by atomic mass is 10.1. The van der Waals surface area contributed by atoms with Crippen molar-refractivity contribution in [3.63, 3.8) is 0 Å². The Morgan fingerprint density at radius 3 is 2.57 bits per heavy atom. The molecule has 0 unspecified atom stereocenters. The molecule has 0 amide bonds. The van der Waals surface area contributed by atoms with E-state index in [2.05, 4.69) is 5.32 Å². The molecule has 0 aromatic heterocycles. The highest BCUT2D eigenvalue weighted by molar-refractivity contribution is 5.89. The van der Waals surface area contributed by atoms with Gasteiger partial charge in [-0.1, -0.05) is 6.07 Å². The Kier molecular flexibility index (Phi) is 4.66. The van der Waals surface area contributed by atoms with Crippen LogP contribution in [-0.4, -0.2) is 25.8 Å². The normalized spacial score (nSPS) is 12.6. The van der Waals surface area contributed by atoms with Gasteiger partial charge in [0.1, 0.15) is 13.2 Å². The minimum atomic E-state index is -0.300. The van der Waals surface area contributed by atoms with Gasteiger partial charge in [0.25, 0.3) is 0 Å². The minimum Gasteiger partial charge on any atom is -0.486 e. The number of rotatable bonds is 5. The fourth-order valence-corrected chi connectivity index (χ4v) is 2.34. The summed E-state index contributed by atoms with van der Waals surface area (Å²) in [4.78, 5) is 11.6. The molecular formula is C18H19NO4. The molecule has 1 heterocycles. The molecular weight excluding hydrogens is 294 g/mol. The predicted octanol–water partition coefficient (Wildman–Crippen LogP) is 3.25. The van der Waals surface area contributed by atoms with Crippen LogP contribution in [-0.2, 0) is 11.3 Å². The molecule has 0 bridgehead atoms. The van der Waals surface area contributed by atoms with Crippen LogP contribution in [0.4, 0.5) is 5.69 Å². The van der Waals surface area contributed by atoms with Crippen LogP contribution in [0.15, 0.2) is 42.5 Å². The highest BCUT2D eigenvalue weighted by Gasteiger charge is 2.11. The van der Waals surface area contributed by atoms with E-state index in [9.17, 15) is 4.79 Å². The first-order chi connectivity index (χ1) is 11.3. The van der Waals surface area contributed by atoms with E-state index in [1.165, 1.54) is 0 Å². The Morgan fingerprint density at radius 2 is 1.83 bits per heavy atom. The molecule has 0 spiro atoms. The van der Waals surface area contributed by atoms with Gasteiger partial charge in [-0.15, -0.1) is 0 Å². The molecule has 23 heavy (non-hydrogen) atoms. The zero-order valence-electron chi connectivity index (χ0n) is 13.0. The van der Waals surface area contributed by atoms with E-state index < -0.39 is 0 Å². The van der Waals surface area contributed by atoms with Gasteiger partial charge in [0.15, 0.2) is 11.5 Å². The van der Waals surface area contributed by atoms with Crippen LogP contribution in [0.25, 0.3) is 0 Å². The number of ether oxygens (including phenoxy) is 3. The van der Waals surface area contributed by atoms with Gasteiger partial charge in [0, 0.05) is 12.2 Å². The van der Waals surface area contributed by atoms with Gasteiger partial charge < -0.3 is 19.5 Å². The average molecular weight is 313 g/mol. The summed E-state index contributed by atoms with van der Waals surface area (Å²) in [5.41, 5.74) is 2.59. The lowest BCUT2D eigenvalue weighted by molar-refractivity contribution is 0.0526. The van der Waals surface area contributed by atoms with E-state index >= 15 is 0 Å². The van der Waals surface area contributed by atoms with Crippen molar-refractivity contribution in [2.75, 3.05) is 25.1 Å². The molecule has 0 atom stereocenters. The number of fused-ring (bicyclic) bond motifs is 1. The van der Waals surface area contributed by atoms with E-state index in [1.54, 1.807) is 19.1 Å². The van der Waals surface area contributed by atoms with Crippen molar-refractivity contribution in [1.29, 1.82) is 0 Å². The second-order valence-electron chi connectivity index (χ2n) is 5.13. The molecule has 0 aliphatic carbocycles. The summed E-state index contributed by atoms with van der Waals surface area (Å²) in [7, 11) is 0. The standard InChI is InChI=1S/C18H19NO4/c1-2-21-18(20)14-4-6-15(7-5-14)19-12-13-3-8-16-17(11-13)23-10-9-22-16/h3-8,11,19H,2,9-10,12H2,1H3. The van der Waals surface area contributed by atoms with Crippen molar-refractivity contribution in [2.24, 2.45) is 0 Å². The Labute approximate surface area is 135 Å². The molecule has 5 heteroatoms. The van der Waals surface area contributed by atoms with Gasteiger partial charge >= 0.3 is 5.97 Å². The maximum Gasteiger partial charge on any atom is 0.338 e. The largest absolute Gasteiger partial charge is 0.486 e. The summed E-state index contributed by atoms with van der Waals surface area (Å²) in [6, 6.07) is 13.2. The van der Waals surface area contributed by atoms with Gasteiger partial charge in [0.2, 0.25) is 0 Å². The number of carbonyl (C=O) groups excluding carboxylic acids is 1. The zero-order valence-corrected chi connectivity index (χ0v) is 13.0. The summed E-state index contributed by atoms with van der Waals surface area (Å²) < 4.78 is 16.0. The molecule has 120 valence electrons. The number of anilines is 1. The number of nitrogens with one attached hydrogen (secondary N) is 1. The molecule has 5 nitrogen and oxygen atoms in total. The first-order valence-corrected chi connectivity index (χ1v) is 7.66. The van der Waals surface area contributed by atoms with E-state index in [0.717, 1.165) is 22.7 Å². The summed E-state index contributed by atoms with van der Waals surface area (Å²) in [5, 5.41) is 3.32. The van der Waals surface area contributed by atoms with Crippen molar-refractivity contribution in [2.45, 2.75) is 13.5 Å². The maximum atomic E-state index is 11.6. The van der Waals surface area contributed by atoms with Crippen LogP contribution in [0, 0.1) is 0 Å². The topological polar surface area (TPSA) is 56.8 Å². The molecule has 3 rings (SSSR count). The molecule has 0 fully saturated rings. The fourth-order valence-electron chi connectivity index (χ4n) is 2.34. The van der Waals surface area contributed by atoms with Crippen molar-refractivity contribution in [3.05, 3.63) is 53.6 Å². The quantitative estimate of drug-likeness (QED) is 0.859. The first kappa shape index (κ1) is 15.2. The third-order valence-corrected chi connectivity index (χ3v) is 3.50. The Balaban J connectivity index is 1.61. The maximum absolute atomic E-state index is 11.6. The molecule has 0 saturated carbocycles. The minimum absolute atomic E-state index is 0.300. The average Bonchev–Trinajstić information content (AvgIpc) is 2.60. The Morgan fingerprint density at radius 1 is 1.09 bits per heavy atom. The summed E-state index contributed by atoms with van der Waals surface area (Å²) in [5.74, 6) is 1.28. The number of hydrogen-bond acceptors (Lipinski definition) is 5. The summed E-state index contributed by atoms with van der Waals surface area (Å²) >= 11 is 0. The molecule has 2 aromatic rings. The highest BCUT2D eigenvalue weighted by atomic mass is 16.6. The predicted molar refractivity (Wildman–Crippen MR) is 87.2 cm³/mol. The number of carbonyl (C=O) groups is 1. The van der Waals surface area contributed by atoms with Crippen LogP contribution < -0.4 is 14.8 Å². The zero-order chi connectivity index (χ0) is 16.1. The van der Waals surface area contributed by atoms with Gasteiger partial charge in [0.05, 0.1) is 12.2 Å². The Hall–Kier alpha value is -2.69. The van der Waals surface area contributed by atoms with E-state index in [-0.39, 0.29) is 5.97 Å². The lowest BCUT2D eigenvalue weighted by Crippen LogP contribution is -2.15. The van der Waals surface area contributed by atoms with Crippen LogP contribution in [0.3, 0.4) is 0 Å². The van der Waals surface area contributed by atoms with Crippen molar-refractivity contribution in [1.82, 2.24) is 0 Å². The van der Waals surface area contributed by atoms with Gasteiger partial charge in [-0.05, 0) is 48.9 Å². The smallest absolute Gasteiger partial charge is 0.338 e. The van der Waals surface area contributed by atoms with Crippen molar-refractivity contribution in [3.8, 4) is 11.5 Å². The molecule has 2 aromatic carbocycles. The molecule has 1 aliphatic rings.